The molecular formula is C14H26N2O2. The molecule has 0 aromatic carbocycles. The molecule has 0 aromatic heterocycles. The normalized spacial score (nSPS) is 24.9. The Balaban J connectivity index is 2.79. The Morgan fingerprint density at radius 1 is 1.17 bits per heavy atom. The maximum absolute atomic E-state index is 12.2. The van der Waals surface area contributed by atoms with Crippen molar-refractivity contribution >= 4 is 11.8 Å². The van der Waals surface area contributed by atoms with Gasteiger partial charge < -0.3 is 10.2 Å². The van der Waals surface area contributed by atoms with Gasteiger partial charge in [0.25, 0.3) is 0 Å². The van der Waals surface area contributed by atoms with Crippen molar-refractivity contribution in [3.05, 3.63) is 0 Å². The fraction of sp³-hybridized carbons (Fsp3) is 0.857. The molecule has 104 valence electrons. The maximum Gasteiger partial charge on any atom is 0.245 e. The average molecular weight is 254 g/mol. The summed E-state index contributed by atoms with van der Waals surface area (Å²) in [6, 6.07) is -0.666. The third kappa shape index (κ3) is 3.72. The third-order valence-electron chi connectivity index (χ3n) is 3.33. The molecule has 2 atom stereocenters. The van der Waals surface area contributed by atoms with Gasteiger partial charge in [-0.1, -0.05) is 27.7 Å². The highest BCUT2D eigenvalue weighted by molar-refractivity contribution is 5.96. The summed E-state index contributed by atoms with van der Waals surface area (Å²) in [6.07, 6.45) is 1.68. The Morgan fingerprint density at radius 2 is 1.78 bits per heavy atom. The summed E-state index contributed by atoms with van der Waals surface area (Å²) in [4.78, 5) is 26.0. The van der Waals surface area contributed by atoms with Gasteiger partial charge in [0.2, 0.25) is 11.8 Å². The number of hydrogen-bond acceptors (Lipinski definition) is 2. The Morgan fingerprint density at radius 3 is 2.28 bits per heavy atom. The van der Waals surface area contributed by atoms with E-state index in [0.29, 0.717) is 18.4 Å². The highest BCUT2D eigenvalue weighted by atomic mass is 16.2. The molecule has 0 aromatic rings. The zero-order valence-corrected chi connectivity index (χ0v) is 12.2. The molecule has 1 N–H and O–H groups in total. The average Bonchev–Trinajstić information content (AvgIpc) is 2.24. The van der Waals surface area contributed by atoms with Crippen LogP contribution in [0.3, 0.4) is 0 Å². The van der Waals surface area contributed by atoms with E-state index in [0.717, 1.165) is 12.8 Å². The number of amides is 2. The van der Waals surface area contributed by atoms with Gasteiger partial charge in [0.05, 0.1) is 0 Å². The molecule has 1 saturated heterocycles. The quantitative estimate of drug-likeness (QED) is 0.813. The number of carbonyl (C=O) groups is 2. The molecule has 1 rings (SSSR count). The van der Waals surface area contributed by atoms with Crippen molar-refractivity contribution in [1.82, 2.24) is 10.2 Å². The van der Waals surface area contributed by atoms with Crippen molar-refractivity contribution < 1.29 is 9.59 Å². The lowest BCUT2D eigenvalue weighted by Gasteiger charge is -2.39. The summed E-state index contributed by atoms with van der Waals surface area (Å²) >= 11 is 0. The van der Waals surface area contributed by atoms with Gasteiger partial charge in [0.1, 0.15) is 12.1 Å². The van der Waals surface area contributed by atoms with E-state index in [2.05, 4.69) is 33.0 Å². The number of nitrogens with zero attached hydrogens (tertiary/aromatic N) is 1. The molecule has 0 aliphatic carbocycles. The van der Waals surface area contributed by atoms with Crippen LogP contribution in [0.25, 0.3) is 0 Å². The van der Waals surface area contributed by atoms with Crippen molar-refractivity contribution in [3.8, 4) is 0 Å². The Kier molecular flexibility index (Phi) is 5.17. The molecule has 1 aliphatic rings. The monoisotopic (exact) mass is 254 g/mol. The van der Waals surface area contributed by atoms with Gasteiger partial charge in [-0.15, -0.1) is 0 Å². The first kappa shape index (κ1) is 15.0. The topological polar surface area (TPSA) is 49.4 Å². The van der Waals surface area contributed by atoms with Crippen LogP contribution in [0.1, 0.15) is 47.5 Å². The summed E-state index contributed by atoms with van der Waals surface area (Å²) in [5.74, 6) is 1.00. The molecule has 1 aliphatic heterocycles. The van der Waals surface area contributed by atoms with Crippen LogP contribution >= 0.6 is 0 Å². The molecule has 0 spiro atoms. The van der Waals surface area contributed by atoms with Crippen LogP contribution in [0.2, 0.25) is 0 Å². The molecule has 0 saturated carbocycles. The van der Waals surface area contributed by atoms with Crippen LogP contribution in [-0.4, -0.2) is 35.3 Å². The summed E-state index contributed by atoms with van der Waals surface area (Å²) in [5, 5.41) is 2.77. The molecule has 1 heterocycles. The molecule has 1 fully saturated rings. The van der Waals surface area contributed by atoms with Crippen molar-refractivity contribution in [2.24, 2.45) is 11.8 Å². The Bertz CT molecular complexity index is 313. The van der Waals surface area contributed by atoms with Gasteiger partial charge in [-0.05, 0) is 31.6 Å². The van der Waals surface area contributed by atoms with Crippen molar-refractivity contribution in [2.75, 3.05) is 6.54 Å². The first-order valence-corrected chi connectivity index (χ1v) is 6.93. The summed E-state index contributed by atoms with van der Waals surface area (Å²) in [5.41, 5.74) is 0. The second-order valence-electron chi connectivity index (χ2n) is 6.09. The smallest absolute Gasteiger partial charge is 0.245 e. The number of rotatable bonds is 5. The van der Waals surface area contributed by atoms with Crippen LogP contribution in [0.4, 0.5) is 0 Å². The second-order valence-corrected chi connectivity index (χ2v) is 6.09. The van der Waals surface area contributed by atoms with Gasteiger partial charge >= 0.3 is 0 Å². The van der Waals surface area contributed by atoms with Crippen LogP contribution in [0, 0.1) is 11.8 Å². The first-order chi connectivity index (χ1) is 8.32. The van der Waals surface area contributed by atoms with E-state index < -0.39 is 0 Å². The fourth-order valence-corrected chi connectivity index (χ4v) is 2.26. The summed E-state index contributed by atoms with van der Waals surface area (Å²) in [7, 11) is 0. The first-order valence-electron chi connectivity index (χ1n) is 6.93. The number of nitrogens with one attached hydrogen (secondary N) is 1. The maximum atomic E-state index is 12.2. The van der Waals surface area contributed by atoms with Crippen molar-refractivity contribution in [1.29, 1.82) is 0 Å². The van der Waals surface area contributed by atoms with Crippen LogP contribution < -0.4 is 5.32 Å². The zero-order valence-electron chi connectivity index (χ0n) is 12.2. The SMILES string of the molecule is CC(C)CCN1C(=O)C(C)NC(=O)C1CC(C)C. The van der Waals surface area contributed by atoms with Crippen LogP contribution in [0.15, 0.2) is 0 Å². The zero-order chi connectivity index (χ0) is 13.9. The van der Waals surface area contributed by atoms with E-state index in [-0.39, 0.29) is 23.9 Å². The minimum absolute atomic E-state index is 0.000411. The third-order valence-corrected chi connectivity index (χ3v) is 3.33. The number of carbonyl (C=O) groups excluding carboxylic acids is 2. The van der Waals surface area contributed by atoms with Crippen LogP contribution in [-0.2, 0) is 9.59 Å². The molecule has 2 amide bonds. The number of hydrogen-bond donors (Lipinski definition) is 1. The molecule has 0 bridgehead atoms. The van der Waals surface area contributed by atoms with E-state index >= 15 is 0 Å². The van der Waals surface area contributed by atoms with E-state index in [9.17, 15) is 9.59 Å². The fourth-order valence-electron chi connectivity index (χ4n) is 2.26. The van der Waals surface area contributed by atoms with Gasteiger partial charge in [0, 0.05) is 6.54 Å². The second kappa shape index (κ2) is 6.21. The van der Waals surface area contributed by atoms with E-state index in [4.69, 9.17) is 0 Å². The Hall–Kier alpha value is -1.06. The molecule has 0 radical (unpaired) electrons. The standard InChI is InChI=1S/C14H26N2O2/c1-9(2)6-7-16-12(8-10(3)4)13(17)15-11(5)14(16)18/h9-12H,6-8H2,1-5H3,(H,15,17). The predicted octanol–water partition coefficient (Wildman–Crippen LogP) is 1.79. The molecular weight excluding hydrogens is 228 g/mol. The minimum atomic E-state index is -0.381. The Labute approximate surface area is 110 Å². The molecule has 2 unspecified atom stereocenters. The minimum Gasteiger partial charge on any atom is -0.343 e. The van der Waals surface area contributed by atoms with Gasteiger partial charge in [0.15, 0.2) is 0 Å². The van der Waals surface area contributed by atoms with E-state index in [1.807, 2.05) is 0 Å². The molecule has 4 heteroatoms. The lowest BCUT2D eigenvalue weighted by atomic mass is 9.97. The highest BCUT2D eigenvalue weighted by Crippen LogP contribution is 2.18. The number of piperazine rings is 1. The van der Waals surface area contributed by atoms with Gasteiger partial charge in [-0.3, -0.25) is 9.59 Å². The lowest BCUT2D eigenvalue weighted by Crippen LogP contribution is -2.62. The largest absolute Gasteiger partial charge is 0.343 e. The summed E-state index contributed by atoms with van der Waals surface area (Å²) in [6.45, 7) is 10.9. The van der Waals surface area contributed by atoms with Crippen LogP contribution in [0.5, 0.6) is 0 Å². The molecule has 4 nitrogen and oxygen atoms in total. The lowest BCUT2D eigenvalue weighted by molar-refractivity contribution is -0.149. The summed E-state index contributed by atoms with van der Waals surface area (Å²) < 4.78 is 0. The van der Waals surface area contributed by atoms with Gasteiger partial charge in [-0.25, -0.2) is 0 Å². The predicted molar refractivity (Wildman–Crippen MR) is 72.0 cm³/mol. The molecule has 18 heavy (non-hydrogen) atoms. The highest BCUT2D eigenvalue weighted by Gasteiger charge is 2.38. The van der Waals surface area contributed by atoms with Gasteiger partial charge in [-0.2, -0.15) is 0 Å². The van der Waals surface area contributed by atoms with Crippen molar-refractivity contribution in [2.45, 2.75) is 59.5 Å². The van der Waals surface area contributed by atoms with Crippen molar-refractivity contribution in [3.63, 3.8) is 0 Å². The van der Waals surface area contributed by atoms with E-state index in [1.54, 1.807) is 11.8 Å². The van der Waals surface area contributed by atoms with E-state index in [1.165, 1.54) is 0 Å².